The Bertz CT molecular complexity index is 1330. The topological polar surface area (TPSA) is 158 Å². The van der Waals surface area contributed by atoms with E-state index in [0.717, 1.165) is 42.7 Å². The summed E-state index contributed by atoms with van der Waals surface area (Å²) in [6.45, 7) is 6.13. The molecule has 0 radical (unpaired) electrons. The van der Waals surface area contributed by atoms with Crippen LogP contribution in [-0.4, -0.2) is 68.3 Å². The quantitative estimate of drug-likeness (QED) is 0.522. The SMILES string of the molecule is C[C@H]1CN(CC(=O)O)CCCN1c1nccc(-c2noc([C@]3(C)CCCc4sc(N)c(C#N)c43)n2)n1. The number of aliphatic carboxylic acids is 1. The molecule has 3 aromatic rings. The maximum Gasteiger partial charge on any atom is 0.317 e. The summed E-state index contributed by atoms with van der Waals surface area (Å²) in [5.41, 5.74) is 7.50. The number of fused-ring (bicyclic) bond motifs is 1. The molecule has 3 N–H and O–H groups in total. The third-order valence-corrected chi connectivity index (χ3v) is 8.14. The highest BCUT2D eigenvalue weighted by Gasteiger charge is 2.43. The van der Waals surface area contributed by atoms with Crippen molar-refractivity contribution in [2.75, 3.05) is 36.8 Å². The van der Waals surface area contributed by atoms with Gasteiger partial charge in [0.05, 0.1) is 17.5 Å². The molecule has 0 amide bonds. The van der Waals surface area contributed by atoms with Crippen molar-refractivity contribution in [3.8, 4) is 17.6 Å². The van der Waals surface area contributed by atoms with Crippen molar-refractivity contribution in [2.24, 2.45) is 0 Å². The number of rotatable bonds is 5. The van der Waals surface area contributed by atoms with Crippen LogP contribution >= 0.6 is 11.3 Å². The molecule has 0 spiro atoms. The van der Waals surface area contributed by atoms with Crippen molar-refractivity contribution in [1.82, 2.24) is 25.0 Å². The third kappa shape index (κ3) is 4.29. The van der Waals surface area contributed by atoms with Crippen LogP contribution in [0, 0.1) is 11.3 Å². The lowest BCUT2D eigenvalue weighted by molar-refractivity contribution is -0.138. The Morgan fingerprint density at radius 1 is 1.39 bits per heavy atom. The molecule has 3 aromatic heterocycles. The number of nitrogens with zero attached hydrogens (tertiary/aromatic N) is 7. The number of aromatic nitrogens is 4. The van der Waals surface area contributed by atoms with Gasteiger partial charge in [0.15, 0.2) is 0 Å². The molecule has 0 unspecified atom stereocenters. The van der Waals surface area contributed by atoms with Crippen molar-refractivity contribution in [3.05, 3.63) is 34.2 Å². The fourth-order valence-electron chi connectivity index (χ4n) is 5.35. The number of hydrogen-bond donors (Lipinski definition) is 2. The first-order valence-corrected chi connectivity index (χ1v) is 12.8. The summed E-state index contributed by atoms with van der Waals surface area (Å²) in [6.07, 6.45) is 5.09. The van der Waals surface area contributed by atoms with E-state index in [-0.39, 0.29) is 12.6 Å². The van der Waals surface area contributed by atoms with E-state index in [1.165, 1.54) is 11.3 Å². The lowest BCUT2D eigenvalue weighted by Gasteiger charge is -2.30. The van der Waals surface area contributed by atoms with Crippen LogP contribution in [0.15, 0.2) is 16.8 Å². The fourth-order valence-corrected chi connectivity index (χ4v) is 6.54. The van der Waals surface area contributed by atoms with E-state index in [0.29, 0.717) is 47.0 Å². The maximum atomic E-state index is 11.2. The normalized spacial score (nSPS) is 22.6. The maximum absolute atomic E-state index is 11.2. The first-order valence-electron chi connectivity index (χ1n) is 12.0. The number of nitriles is 1. The molecule has 0 bridgehead atoms. The number of aryl methyl sites for hydroxylation is 1. The van der Waals surface area contributed by atoms with Crippen LogP contribution in [0.2, 0.25) is 0 Å². The third-order valence-electron chi connectivity index (χ3n) is 7.07. The Morgan fingerprint density at radius 2 is 2.22 bits per heavy atom. The van der Waals surface area contributed by atoms with E-state index in [1.54, 1.807) is 12.3 Å². The lowest BCUT2D eigenvalue weighted by atomic mass is 9.72. The molecule has 0 aromatic carbocycles. The Morgan fingerprint density at radius 3 is 3.00 bits per heavy atom. The minimum Gasteiger partial charge on any atom is -0.480 e. The van der Waals surface area contributed by atoms with Gasteiger partial charge in [0.2, 0.25) is 17.7 Å². The molecule has 1 aliphatic carbocycles. The average Bonchev–Trinajstić information content (AvgIpc) is 3.42. The van der Waals surface area contributed by atoms with Crippen LogP contribution in [0.5, 0.6) is 0 Å². The van der Waals surface area contributed by atoms with Crippen LogP contribution < -0.4 is 10.6 Å². The monoisotopic (exact) mass is 508 g/mol. The Balaban J connectivity index is 1.43. The Kier molecular flexibility index (Phi) is 6.36. The summed E-state index contributed by atoms with van der Waals surface area (Å²) in [6, 6.07) is 4.05. The van der Waals surface area contributed by atoms with E-state index >= 15 is 0 Å². The second-order valence-electron chi connectivity index (χ2n) is 9.63. The zero-order chi connectivity index (χ0) is 25.4. The Hall–Kier alpha value is -3.56. The molecule has 1 saturated heterocycles. The predicted octanol–water partition coefficient (Wildman–Crippen LogP) is 2.67. The van der Waals surface area contributed by atoms with Gasteiger partial charge < -0.3 is 20.3 Å². The lowest BCUT2D eigenvalue weighted by Crippen LogP contribution is -2.41. The second-order valence-corrected chi connectivity index (χ2v) is 10.8. The summed E-state index contributed by atoms with van der Waals surface area (Å²) in [4.78, 5) is 30.2. The summed E-state index contributed by atoms with van der Waals surface area (Å²) in [5.74, 6) is 0.527. The van der Waals surface area contributed by atoms with Gasteiger partial charge in [-0.05, 0) is 45.6 Å². The second kappa shape index (κ2) is 9.48. The highest BCUT2D eigenvalue weighted by atomic mass is 32.1. The van der Waals surface area contributed by atoms with E-state index in [9.17, 15) is 10.1 Å². The fraction of sp³-hybridized carbons (Fsp3) is 0.500. The molecule has 2 aliphatic rings. The van der Waals surface area contributed by atoms with E-state index in [1.807, 2.05) is 18.7 Å². The van der Waals surface area contributed by atoms with Crippen molar-refractivity contribution < 1.29 is 14.4 Å². The minimum absolute atomic E-state index is 0.0223. The molecule has 5 rings (SSSR count). The summed E-state index contributed by atoms with van der Waals surface area (Å²) in [7, 11) is 0. The molecule has 36 heavy (non-hydrogen) atoms. The molecule has 188 valence electrons. The highest BCUT2D eigenvalue weighted by molar-refractivity contribution is 7.16. The van der Waals surface area contributed by atoms with Gasteiger partial charge in [-0.1, -0.05) is 5.16 Å². The van der Waals surface area contributed by atoms with Crippen LogP contribution in [0.1, 0.15) is 55.0 Å². The number of carboxylic acid groups (broad SMARTS) is 1. The van der Waals surface area contributed by atoms with Gasteiger partial charge >= 0.3 is 5.97 Å². The van der Waals surface area contributed by atoms with Gasteiger partial charge in [-0.2, -0.15) is 10.2 Å². The number of nitrogens with two attached hydrogens (primary N) is 1. The zero-order valence-corrected chi connectivity index (χ0v) is 21.1. The highest BCUT2D eigenvalue weighted by Crippen LogP contribution is 2.48. The van der Waals surface area contributed by atoms with Gasteiger partial charge in [-0.15, -0.1) is 11.3 Å². The van der Waals surface area contributed by atoms with Gasteiger partial charge in [0, 0.05) is 42.3 Å². The van der Waals surface area contributed by atoms with Gasteiger partial charge in [-0.25, -0.2) is 9.97 Å². The number of thiophene rings is 1. The van der Waals surface area contributed by atoms with Crippen molar-refractivity contribution in [3.63, 3.8) is 0 Å². The standard InChI is InChI=1S/C24H28N8O3S/c1-14-12-31(13-18(33)34)9-4-10-32(14)23-27-8-6-16(28-23)21-29-22(35-30-21)24(2)7-3-5-17-19(24)15(11-25)20(26)36-17/h6,8,14H,3-5,7,9-10,12-13,26H2,1-2H3,(H,33,34)/t14-,24+/m0/s1. The van der Waals surface area contributed by atoms with Crippen molar-refractivity contribution in [2.45, 2.75) is 51.0 Å². The number of carbonyl (C=O) groups is 1. The molecule has 4 heterocycles. The number of nitrogen functional groups attached to an aromatic ring is 1. The first kappa shape index (κ1) is 24.1. The van der Waals surface area contributed by atoms with Gasteiger partial charge in [-0.3, -0.25) is 9.69 Å². The van der Waals surface area contributed by atoms with Crippen molar-refractivity contribution in [1.29, 1.82) is 5.26 Å². The van der Waals surface area contributed by atoms with E-state index < -0.39 is 11.4 Å². The van der Waals surface area contributed by atoms with Crippen molar-refractivity contribution >= 4 is 28.3 Å². The molecular weight excluding hydrogens is 480 g/mol. The number of hydrogen-bond acceptors (Lipinski definition) is 11. The van der Waals surface area contributed by atoms with Gasteiger partial charge in [0.25, 0.3) is 0 Å². The minimum atomic E-state index is -0.826. The number of carboxylic acids is 1. The first-order chi connectivity index (χ1) is 17.3. The largest absolute Gasteiger partial charge is 0.480 e. The van der Waals surface area contributed by atoms with E-state index in [2.05, 4.69) is 21.1 Å². The molecule has 1 fully saturated rings. The molecule has 11 nitrogen and oxygen atoms in total. The van der Waals surface area contributed by atoms with Crippen LogP contribution in [0.4, 0.5) is 10.9 Å². The van der Waals surface area contributed by atoms with Crippen LogP contribution in [-0.2, 0) is 16.6 Å². The number of anilines is 2. The Labute approximate surface area is 212 Å². The molecule has 0 saturated carbocycles. The summed E-state index contributed by atoms with van der Waals surface area (Å²) < 4.78 is 5.76. The molecule has 12 heteroatoms. The predicted molar refractivity (Wildman–Crippen MR) is 134 cm³/mol. The zero-order valence-electron chi connectivity index (χ0n) is 20.3. The molecule has 2 atom stereocenters. The van der Waals surface area contributed by atoms with Crippen LogP contribution in [0.3, 0.4) is 0 Å². The average molecular weight is 509 g/mol. The van der Waals surface area contributed by atoms with E-state index in [4.69, 9.17) is 25.3 Å². The summed E-state index contributed by atoms with van der Waals surface area (Å²) >= 11 is 1.47. The van der Waals surface area contributed by atoms with Crippen LogP contribution in [0.25, 0.3) is 11.5 Å². The molecular formula is C24H28N8O3S. The van der Waals surface area contributed by atoms with Gasteiger partial charge in [0.1, 0.15) is 16.8 Å². The molecule has 1 aliphatic heterocycles. The smallest absolute Gasteiger partial charge is 0.317 e. The summed E-state index contributed by atoms with van der Waals surface area (Å²) in [5, 5.41) is 23.7.